The van der Waals surface area contributed by atoms with Gasteiger partial charge in [0.25, 0.3) is 0 Å². The zero-order valence-corrected chi connectivity index (χ0v) is 8.48. The molecule has 0 N–H and O–H groups in total. The third kappa shape index (κ3) is 2.24. The molecule has 1 fully saturated rings. The molecule has 15 heavy (non-hydrogen) atoms. The van der Waals surface area contributed by atoms with Crippen LogP contribution in [0.4, 0.5) is 5.69 Å². The molecule has 3 heteroatoms. The van der Waals surface area contributed by atoms with Crippen molar-refractivity contribution in [1.29, 1.82) is 0 Å². The Morgan fingerprint density at radius 3 is 2.60 bits per heavy atom. The third-order valence-electron chi connectivity index (χ3n) is 2.69. The Hall–Kier alpha value is -1.64. The van der Waals surface area contributed by atoms with Crippen LogP contribution < -0.4 is 4.90 Å². The van der Waals surface area contributed by atoms with Crippen LogP contribution in [-0.4, -0.2) is 25.2 Å². The molecule has 0 aromatic heterocycles. The summed E-state index contributed by atoms with van der Waals surface area (Å²) in [6, 6.07) is 7.49. The highest BCUT2D eigenvalue weighted by Gasteiger charge is 2.16. The molecule has 1 heterocycles. The largest absolute Gasteiger partial charge is 0.371 e. The molecule has 1 aromatic carbocycles. The van der Waals surface area contributed by atoms with Gasteiger partial charge in [-0.05, 0) is 12.1 Å². The Labute approximate surface area is 88.7 Å². The van der Waals surface area contributed by atoms with Crippen molar-refractivity contribution in [3.63, 3.8) is 0 Å². The standard InChI is InChI=1S/C12H13NO2/c14-9-10-2-1-3-11(8-10)13-6-4-12(15)5-7-13/h1-3,8-9H,4-7H2. The van der Waals surface area contributed by atoms with Gasteiger partial charge in [-0.25, -0.2) is 0 Å². The van der Waals surface area contributed by atoms with E-state index in [1.165, 1.54) is 0 Å². The van der Waals surface area contributed by atoms with E-state index in [1.54, 1.807) is 6.07 Å². The molecule has 0 unspecified atom stereocenters. The van der Waals surface area contributed by atoms with Crippen molar-refractivity contribution < 1.29 is 9.59 Å². The fraction of sp³-hybridized carbons (Fsp3) is 0.333. The van der Waals surface area contributed by atoms with Crippen LogP contribution in [0.15, 0.2) is 24.3 Å². The summed E-state index contributed by atoms with van der Waals surface area (Å²) < 4.78 is 0. The first-order valence-electron chi connectivity index (χ1n) is 5.11. The number of hydrogen-bond acceptors (Lipinski definition) is 3. The molecule has 1 aliphatic heterocycles. The normalized spacial score (nSPS) is 16.5. The first kappa shape index (κ1) is 9.90. The minimum absolute atomic E-state index is 0.331. The van der Waals surface area contributed by atoms with Gasteiger partial charge in [0.15, 0.2) is 0 Å². The van der Waals surface area contributed by atoms with Gasteiger partial charge in [0, 0.05) is 37.2 Å². The van der Waals surface area contributed by atoms with Gasteiger partial charge in [0.1, 0.15) is 12.1 Å². The van der Waals surface area contributed by atoms with Gasteiger partial charge in [-0.3, -0.25) is 9.59 Å². The maximum Gasteiger partial charge on any atom is 0.150 e. The average Bonchev–Trinajstić information content (AvgIpc) is 2.30. The fourth-order valence-electron chi connectivity index (χ4n) is 1.81. The quantitative estimate of drug-likeness (QED) is 0.686. The number of carbonyl (C=O) groups excluding carboxylic acids is 2. The Kier molecular flexibility index (Phi) is 2.81. The van der Waals surface area contributed by atoms with Crippen molar-refractivity contribution in [2.45, 2.75) is 12.8 Å². The Bertz CT molecular complexity index is 377. The van der Waals surface area contributed by atoms with E-state index in [1.807, 2.05) is 18.2 Å². The van der Waals surface area contributed by atoms with Crippen LogP contribution in [0.1, 0.15) is 23.2 Å². The average molecular weight is 203 g/mol. The Morgan fingerprint density at radius 1 is 1.20 bits per heavy atom. The highest BCUT2D eigenvalue weighted by molar-refractivity contribution is 5.81. The van der Waals surface area contributed by atoms with Gasteiger partial charge in [0.2, 0.25) is 0 Å². The van der Waals surface area contributed by atoms with Crippen molar-refractivity contribution in [3.8, 4) is 0 Å². The minimum atomic E-state index is 0.331. The molecule has 0 aliphatic carbocycles. The lowest BCUT2D eigenvalue weighted by molar-refractivity contribution is -0.119. The number of hydrogen-bond donors (Lipinski definition) is 0. The van der Waals surface area contributed by atoms with Crippen LogP contribution in [0.5, 0.6) is 0 Å². The molecule has 78 valence electrons. The van der Waals surface area contributed by atoms with Crippen molar-refractivity contribution in [3.05, 3.63) is 29.8 Å². The topological polar surface area (TPSA) is 37.4 Å². The number of ketones is 1. The molecule has 1 aromatic rings. The first-order chi connectivity index (χ1) is 7.29. The maximum atomic E-state index is 11.1. The van der Waals surface area contributed by atoms with E-state index in [9.17, 15) is 9.59 Å². The SMILES string of the molecule is O=Cc1cccc(N2CCC(=O)CC2)c1. The van der Waals surface area contributed by atoms with Crippen molar-refractivity contribution in [2.75, 3.05) is 18.0 Å². The van der Waals surface area contributed by atoms with Gasteiger partial charge in [-0.1, -0.05) is 12.1 Å². The van der Waals surface area contributed by atoms with E-state index in [0.29, 0.717) is 24.2 Å². The van der Waals surface area contributed by atoms with E-state index in [4.69, 9.17) is 0 Å². The van der Waals surface area contributed by atoms with Gasteiger partial charge in [0.05, 0.1) is 0 Å². The monoisotopic (exact) mass is 203 g/mol. The predicted octanol–water partition coefficient (Wildman–Crippen LogP) is 1.67. The van der Waals surface area contributed by atoms with E-state index in [0.717, 1.165) is 25.1 Å². The molecular weight excluding hydrogens is 190 g/mol. The molecule has 0 radical (unpaired) electrons. The summed E-state index contributed by atoms with van der Waals surface area (Å²) in [5, 5.41) is 0. The molecule has 3 nitrogen and oxygen atoms in total. The second-order valence-corrected chi connectivity index (χ2v) is 3.74. The Balaban J connectivity index is 2.15. The van der Waals surface area contributed by atoms with Gasteiger partial charge < -0.3 is 4.90 Å². The highest BCUT2D eigenvalue weighted by atomic mass is 16.1. The van der Waals surface area contributed by atoms with Crippen LogP contribution in [0.25, 0.3) is 0 Å². The van der Waals surface area contributed by atoms with E-state index in [-0.39, 0.29) is 0 Å². The van der Waals surface area contributed by atoms with E-state index >= 15 is 0 Å². The maximum absolute atomic E-state index is 11.1. The minimum Gasteiger partial charge on any atom is -0.371 e. The zero-order chi connectivity index (χ0) is 10.7. The van der Waals surface area contributed by atoms with Crippen molar-refractivity contribution in [2.24, 2.45) is 0 Å². The molecule has 1 aliphatic rings. The highest BCUT2D eigenvalue weighted by Crippen LogP contribution is 2.19. The van der Waals surface area contributed by atoms with Crippen LogP contribution in [0, 0.1) is 0 Å². The fourth-order valence-corrected chi connectivity index (χ4v) is 1.81. The zero-order valence-electron chi connectivity index (χ0n) is 8.48. The number of Topliss-reactive ketones (excluding diaryl/α,β-unsaturated/α-hetero) is 1. The molecule has 0 amide bonds. The van der Waals surface area contributed by atoms with Gasteiger partial charge in [-0.15, -0.1) is 0 Å². The van der Waals surface area contributed by atoms with Gasteiger partial charge in [-0.2, -0.15) is 0 Å². The smallest absolute Gasteiger partial charge is 0.150 e. The summed E-state index contributed by atoms with van der Waals surface area (Å²) in [4.78, 5) is 23.8. The second kappa shape index (κ2) is 4.26. The number of nitrogens with zero attached hydrogens (tertiary/aromatic N) is 1. The number of carbonyl (C=O) groups is 2. The first-order valence-corrected chi connectivity index (χ1v) is 5.11. The number of anilines is 1. The van der Waals surface area contributed by atoms with Crippen LogP contribution in [-0.2, 0) is 4.79 Å². The lowest BCUT2D eigenvalue weighted by Crippen LogP contribution is -2.33. The summed E-state index contributed by atoms with van der Waals surface area (Å²) >= 11 is 0. The van der Waals surface area contributed by atoms with E-state index in [2.05, 4.69) is 4.90 Å². The summed E-state index contributed by atoms with van der Waals surface area (Å²) in [7, 11) is 0. The summed E-state index contributed by atoms with van der Waals surface area (Å²) in [5.41, 5.74) is 1.72. The molecule has 2 rings (SSSR count). The molecule has 0 atom stereocenters. The third-order valence-corrected chi connectivity index (χ3v) is 2.69. The number of rotatable bonds is 2. The van der Waals surface area contributed by atoms with Gasteiger partial charge >= 0.3 is 0 Å². The number of piperidine rings is 1. The van der Waals surface area contributed by atoms with Crippen molar-refractivity contribution >= 4 is 17.8 Å². The second-order valence-electron chi connectivity index (χ2n) is 3.74. The van der Waals surface area contributed by atoms with Crippen molar-refractivity contribution in [1.82, 2.24) is 0 Å². The predicted molar refractivity (Wildman–Crippen MR) is 58.3 cm³/mol. The molecule has 0 spiro atoms. The molecular formula is C12H13NO2. The molecule has 1 saturated heterocycles. The number of aldehydes is 1. The number of benzene rings is 1. The lowest BCUT2D eigenvalue weighted by atomic mass is 10.1. The van der Waals surface area contributed by atoms with Crippen LogP contribution in [0.3, 0.4) is 0 Å². The summed E-state index contributed by atoms with van der Waals surface area (Å²) in [5.74, 6) is 0.331. The molecule has 0 saturated carbocycles. The van der Waals surface area contributed by atoms with E-state index < -0.39 is 0 Å². The Morgan fingerprint density at radius 2 is 1.93 bits per heavy atom. The van der Waals surface area contributed by atoms with Crippen LogP contribution in [0.2, 0.25) is 0 Å². The molecule has 0 bridgehead atoms. The summed E-state index contributed by atoms with van der Waals surface area (Å²) in [6.45, 7) is 1.53. The van der Waals surface area contributed by atoms with Crippen LogP contribution >= 0.6 is 0 Å². The lowest BCUT2D eigenvalue weighted by Gasteiger charge is -2.28. The summed E-state index contributed by atoms with van der Waals surface area (Å²) in [6.07, 6.45) is 2.08.